The monoisotopic (exact) mass is 264 g/mol. The Balaban J connectivity index is 2.46. The van der Waals surface area contributed by atoms with Crippen molar-refractivity contribution in [3.8, 4) is 11.1 Å². The molecule has 0 aliphatic carbocycles. The molecule has 20 heavy (non-hydrogen) atoms. The first-order valence-electron chi connectivity index (χ1n) is 6.20. The topological polar surface area (TPSA) is 52.0 Å². The zero-order chi connectivity index (χ0) is 14.1. The highest BCUT2D eigenvalue weighted by molar-refractivity contribution is 5.99. The van der Waals surface area contributed by atoms with Crippen molar-refractivity contribution in [3.05, 3.63) is 64.8 Å². The second kappa shape index (κ2) is 4.74. The summed E-state index contributed by atoms with van der Waals surface area (Å²) in [6, 6.07) is 9.14. The molecule has 0 saturated heterocycles. The van der Waals surface area contributed by atoms with Crippen LogP contribution in [-0.4, -0.2) is 15.8 Å². The van der Waals surface area contributed by atoms with Gasteiger partial charge in [-0.15, -0.1) is 0 Å². The van der Waals surface area contributed by atoms with Crippen LogP contribution in [0, 0.1) is 0 Å². The van der Waals surface area contributed by atoms with Crippen molar-refractivity contribution in [2.24, 2.45) is 7.05 Å². The molecule has 3 aromatic rings. The Bertz CT molecular complexity index is 866. The molecule has 0 amide bonds. The van der Waals surface area contributed by atoms with Crippen LogP contribution in [0.1, 0.15) is 10.4 Å². The fraction of sp³-hybridized carbons (Fsp3) is 0.0625. The van der Waals surface area contributed by atoms with Gasteiger partial charge in [-0.1, -0.05) is 24.3 Å². The predicted molar refractivity (Wildman–Crippen MR) is 77.8 cm³/mol. The van der Waals surface area contributed by atoms with Crippen LogP contribution in [0.2, 0.25) is 0 Å². The number of hydrogen-bond acceptors (Lipinski definition) is 3. The van der Waals surface area contributed by atoms with E-state index in [-0.39, 0.29) is 5.56 Å². The van der Waals surface area contributed by atoms with E-state index in [1.54, 1.807) is 37.8 Å². The summed E-state index contributed by atoms with van der Waals surface area (Å²) < 4.78 is 1.51. The summed E-state index contributed by atoms with van der Waals surface area (Å²) >= 11 is 0. The van der Waals surface area contributed by atoms with Gasteiger partial charge in [0.05, 0.1) is 5.39 Å². The number of pyridine rings is 2. The Morgan fingerprint density at radius 2 is 1.90 bits per heavy atom. The van der Waals surface area contributed by atoms with Gasteiger partial charge in [-0.05, 0) is 17.0 Å². The fourth-order valence-corrected chi connectivity index (χ4v) is 2.37. The molecule has 0 bridgehead atoms. The fourth-order valence-electron chi connectivity index (χ4n) is 2.37. The summed E-state index contributed by atoms with van der Waals surface area (Å²) in [5.41, 5.74) is 2.17. The molecule has 0 fully saturated rings. The van der Waals surface area contributed by atoms with Gasteiger partial charge in [0.2, 0.25) is 0 Å². The molecule has 0 radical (unpaired) electrons. The molecule has 3 rings (SSSR count). The number of nitrogens with zero attached hydrogens (tertiary/aromatic N) is 2. The van der Waals surface area contributed by atoms with Crippen LogP contribution in [0.15, 0.2) is 53.7 Å². The largest absolute Gasteiger partial charge is 0.317 e. The number of carbonyl (C=O) groups excluding carboxylic acids is 1. The van der Waals surface area contributed by atoms with Crippen molar-refractivity contribution in [2.75, 3.05) is 0 Å². The Hall–Kier alpha value is -2.75. The van der Waals surface area contributed by atoms with Crippen LogP contribution in [0.25, 0.3) is 21.9 Å². The highest BCUT2D eigenvalue weighted by atomic mass is 16.1. The second-order valence-corrected chi connectivity index (χ2v) is 4.59. The summed E-state index contributed by atoms with van der Waals surface area (Å²) in [5, 5.41) is 1.35. The van der Waals surface area contributed by atoms with Gasteiger partial charge >= 0.3 is 0 Å². The minimum Gasteiger partial charge on any atom is -0.317 e. The van der Waals surface area contributed by atoms with E-state index in [0.717, 1.165) is 22.8 Å². The molecular formula is C16H12N2O2. The van der Waals surface area contributed by atoms with E-state index in [0.29, 0.717) is 10.9 Å². The lowest BCUT2D eigenvalue weighted by molar-refractivity contribution is 0.112. The van der Waals surface area contributed by atoms with E-state index in [1.807, 2.05) is 18.2 Å². The van der Waals surface area contributed by atoms with Crippen LogP contribution in [0.4, 0.5) is 0 Å². The lowest BCUT2D eigenvalue weighted by Crippen LogP contribution is -2.16. The van der Waals surface area contributed by atoms with Crippen LogP contribution >= 0.6 is 0 Å². The first kappa shape index (κ1) is 12.3. The average Bonchev–Trinajstić information content (AvgIpc) is 2.51. The molecular weight excluding hydrogens is 252 g/mol. The highest BCUT2D eigenvalue weighted by Gasteiger charge is 2.11. The second-order valence-electron chi connectivity index (χ2n) is 4.59. The number of rotatable bonds is 2. The maximum Gasteiger partial charge on any atom is 0.259 e. The first-order chi connectivity index (χ1) is 9.72. The molecule has 0 atom stereocenters. The van der Waals surface area contributed by atoms with E-state index in [9.17, 15) is 9.59 Å². The minimum atomic E-state index is -0.0968. The van der Waals surface area contributed by atoms with E-state index in [1.165, 1.54) is 4.57 Å². The Morgan fingerprint density at radius 3 is 2.70 bits per heavy atom. The quantitative estimate of drug-likeness (QED) is 0.668. The molecule has 0 spiro atoms. The third kappa shape index (κ3) is 1.82. The van der Waals surface area contributed by atoms with Gasteiger partial charge < -0.3 is 4.57 Å². The van der Waals surface area contributed by atoms with Crippen LogP contribution < -0.4 is 5.56 Å². The van der Waals surface area contributed by atoms with Crippen molar-refractivity contribution in [1.82, 2.24) is 9.55 Å². The number of carbonyl (C=O) groups is 1. The number of hydrogen-bond donors (Lipinski definition) is 0. The molecule has 4 heteroatoms. The summed E-state index contributed by atoms with van der Waals surface area (Å²) in [5.74, 6) is 0. The zero-order valence-corrected chi connectivity index (χ0v) is 10.9. The van der Waals surface area contributed by atoms with Crippen molar-refractivity contribution >= 4 is 17.1 Å². The van der Waals surface area contributed by atoms with Gasteiger partial charge in [-0.2, -0.15) is 0 Å². The van der Waals surface area contributed by atoms with Crippen molar-refractivity contribution in [1.29, 1.82) is 0 Å². The van der Waals surface area contributed by atoms with Gasteiger partial charge in [-0.3, -0.25) is 14.6 Å². The van der Waals surface area contributed by atoms with E-state index >= 15 is 0 Å². The van der Waals surface area contributed by atoms with E-state index in [4.69, 9.17) is 0 Å². The summed E-state index contributed by atoms with van der Waals surface area (Å²) in [6.45, 7) is 0. The van der Waals surface area contributed by atoms with Gasteiger partial charge in [0.25, 0.3) is 5.56 Å². The minimum absolute atomic E-state index is 0.0968. The summed E-state index contributed by atoms with van der Waals surface area (Å²) in [6.07, 6.45) is 5.79. The normalized spacial score (nSPS) is 10.7. The summed E-state index contributed by atoms with van der Waals surface area (Å²) in [7, 11) is 1.70. The lowest BCUT2D eigenvalue weighted by Gasteiger charge is -2.10. The van der Waals surface area contributed by atoms with Crippen LogP contribution in [0.3, 0.4) is 0 Å². The molecule has 0 N–H and O–H groups in total. The third-order valence-corrected chi connectivity index (χ3v) is 3.36. The number of aldehydes is 1. The van der Waals surface area contributed by atoms with Gasteiger partial charge in [-0.25, -0.2) is 0 Å². The molecule has 4 nitrogen and oxygen atoms in total. The molecule has 0 aliphatic heterocycles. The van der Waals surface area contributed by atoms with Crippen molar-refractivity contribution in [3.63, 3.8) is 0 Å². The van der Waals surface area contributed by atoms with Crippen LogP contribution in [-0.2, 0) is 7.05 Å². The number of fused-ring (bicyclic) bond motifs is 1. The molecule has 0 unspecified atom stereocenters. The zero-order valence-electron chi connectivity index (χ0n) is 10.9. The van der Waals surface area contributed by atoms with E-state index < -0.39 is 0 Å². The van der Waals surface area contributed by atoms with Crippen molar-refractivity contribution < 1.29 is 4.79 Å². The number of aromatic nitrogens is 2. The Kier molecular flexibility index (Phi) is 2.91. The lowest BCUT2D eigenvalue weighted by atomic mass is 9.98. The van der Waals surface area contributed by atoms with Gasteiger partial charge in [0.15, 0.2) is 6.29 Å². The molecule has 2 heterocycles. The Morgan fingerprint density at radius 1 is 1.10 bits per heavy atom. The van der Waals surface area contributed by atoms with E-state index in [2.05, 4.69) is 4.98 Å². The van der Waals surface area contributed by atoms with Gasteiger partial charge in [0, 0.05) is 36.8 Å². The highest BCUT2D eigenvalue weighted by Crippen LogP contribution is 2.28. The third-order valence-electron chi connectivity index (χ3n) is 3.36. The average molecular weight is 264 g/mol. The maximum absolute atomic E-state index is 12.1. The molecule has 2 aromatic heterocycles. The standard InChI is InChI=1S/C16H12N2O2/c1-18-9-15(12-5-3-2-4-11(12)10-19)13-6-7-17-8-14(13)16(18)20/h2-10H,1H3. The molecule has 98 valence electrons. The summed E-state index contributed by atoms with van der Waals surface area (Å²) in [4.78, 5) is 27.3. The predicted octanol–water partition coefficient (Wildman–Crippen LogP) is 2.41. The maximum atomic E-state index is 12.1. The molecule has 1 aromatic carbocycles. The SMILES string of the molecule is Cn1cc(-c2ccccc2C=O)c2ccncc2c1=O. The number of aryl methyl sites for hydroxylation is 1. The number of benzene rings is 1. The molecule has 0 saturated carbocycles. The smallest absolute Gasteiger partial charge is 0.259 e. The van der Waals surface area contributed by atoms with Crippen LogP contribution in [0.5, 0.6) is 0 Å². The van der Waals surface area contributed by atoms with Crippen molar-refractivity contribution in [2.45, 2.75) is 0 Å². The first-order valence-corrected chi connectivity index (χ1v) is 6.20. The molecule has 0 aliphatic rings. The Labute approximate surface area is 115 Å². The van der Waals surface area contributed by atoms with Gasteiger partial charge in [0.1, 0.15) is 0 Å².